The van der Waals surface area contributed by atoms with E-state index in [2.05, 4.69) is 19.2 Å². The monoisotopic (exact) mass is 281 g/mol. The first kappa shape index (κ1) is 14.5. The molecule has 2 rings (SSSR count). The first-order chi connectivity index (χ1) is 9.10. The molecule has 19 heavy (non-hydrogen) atoms. The van der Waals surface area contributed by atoms with Crippen molar-refractivity contribution in [1.82, 2.24) is 0 Å². The van der Waals surface area contributed by atoms with Crippen molar-refractivity contribution in [2.75, 3.05) is 12.4 Å². The molecule has 2 unspecified atom stereocenters. The Hall–Kier alpha value is -0.890. The van der Waals surface area contributed by atoms with Gasteiger partial charge in [-0.15, -0.1) is 0 Å². The van der Waals surface area contributed by atoms with Crippen molar-refractivity contribution in [3.63, 3.8) is 0 Å². The van der Waals surface area contributed by atoms with Crippen molar-refractivity contribution < 1.29 is 4.74 Å². The number of rotatable bonds is 4. The average molecular weight is 282 g/mol. The SMILES string of the molecule is COc1ccc(Cl)cc1NC1CCCC(C(C)C)C1. The lowest BCUT2D eigenvalue weighted by molar-refractivity contribution is 0.264. The zero-order chi connectivity index (χ0) is 13.8. The van der Waals surface area contributed by atoms with Crippen LogP contribution in [0.3, 0.4) is 0 Å². The molecule has 1 aliphatic carbocycles. The summed E-state index contributed by atoms with van der Waals surface area (Å²) < 4.78 is 5.40. The largest absolute Gasteiger partial charge is 0.495 e. The zero-order valence-electron chi connectivity index (χ0n) is 12.1. The number of anilines is 1. The molecular weight excluding hydrogens is 258 g/mol. The maximum atomic E-state index is 6.08. The van der Waals surface area contributed by atoms with Crippen LogP contribution in [0.5, 0.6) is 5.75 Å². The van der Waals surface area contributed by atoms with Crippen molar-refractivity contribution in [2.24, 2.45) is 11.8 Å². The molecule has 0 amide bonds. The lowest BCUT2D eigenvalue weighted by atomic mass is 9.79. The second kappa shape index (κ2) is 6.51. The maximum absolute atomic E-state index is 6.08. The van der Waals surface area contributed by atoms with Gasteiger partial charge >= 0.3 is 0 Å². The summed E-state index contributed by atoms with van der Waals surface area (Å²) in [6.07, 6.45) is 5.15. The molecule has 0 heterocycles. The van der Waals surface area contributed by atoms with Crippen LogP contribution >= 0.6 is 11.6 Å². The first-order valence-corrected chi connectivity index (χ1v) is 7.58. The average Bonchev–Trinajstić information content (AvgIpc) is 2.39. The topological polar surface area (TPSA) is 21.3 Å². The molecule has 3 heteroatoms. The molecule has 1 fully saturated rings. The summed E-state index contributed by atoms with van der Waals surface area (Å²) in [5.74, 6) is 2.47. The minimum atomic E-state index is 0.536. The Morgan fingerprint density at radius 3 is 2.79 bits per heavy atom. The highest BCUT2D eigenvalue weighted by Gasteiger charge is 2.24. The number of nitrogens with one attached hydrogen (secondary N) is 1. The van der Waals surface area contributed by atoms with E-state index in [-0.39, 0.29) is 0 Å². The van der Waals surface area contributed by atoms with Gasteiger partial charge in [0.2, 0.25) is 0 Å². The number of hydrogen-bond donors (Lipinski definition) is 1. The molecule has 0 bridgehead atoms. The van der Waals surface area contributed by atoms with Gasteiger partial charge in [-0.05, 0) is 42.9 Å². The van der Waals surface area contributed by atoms with Crippen LogP contribution in [0.25, 0.3) is 0 Å². The zero-order valence-corrected chi connectivity index (χ0v) is 12.8. The number of hydrogen-bond acceptors (Lipinski definition) is 2. The fourth-order valence-corrected chi connectivity index (χ4v) is 3.15. The molecule has 1 saturated carbocycles. The molecule has 0 radical (unpaired) electrons. The van der Waals surface area contributed by atoms with Gasteiger partial charge in [-0.1, -0.05) is 38.3 Å². The molecule has 0 saturated heterocycles. The van der Waals surface area contributed by atoms with E-state index in [0.29, 0.717) is 6.04 Å². The molecule has 2 nitrogen and oxygen atoms in total. The van der Waals surface area contributed by atoms with Crippen LogP contribution in [0.2, 0.25) is 5.02 Å². The van der Waals surface area contributed by atoms with E-state index in [9.17, 15) is 0 Å². The molecule has 1 aliphatic rings. The lowest BCUT2D eigenvalue weighted by Crippen LogP contribution is -2.29. The fraction of sp³-hybridized carbons (Fsp3) is 0.625. The van der Waals surface area contributed by atoms with Gasteiger partial charge in [0.1, 0.15) is 5.75 Å². The Kier molecular flexibility index (Phi) is 4.98. The van der Waals surface area contributed by atoms with Gasteiger partial charge in [-0.25, -0.2) is 0 Å². The Morgan fingerprint density at radius 1 is 1.32 bits per heavy atom. The van der Waals surface area contributed by atoms with Gasteiger partial charge < -0.3 is 10.1 Å². The third-order valence-corrected chi connectivity index (χ3v) is 4.41. The molecule has 0 spiro atoms. The van der Waals surface area contributed by atoms with Crippen molar-refractivity contribution in [2.45, 2.75) is 45.6 Å². The molecular formula is C16H24ClNO. The standard InChI is InChI=1S/C16H24ClNO/c1-11(2)12-5-4-6-14(9-12)18-15-10-13(17)7-8-16(15)19-3/h7-8,10-12,14,18H,4-6,9H2,1-3H3. The van der Waals surface area contributed by atoms with Crippen molar-refractivity contribution >= 4 is 17.3 Å². The third-order valence-electron chi connectivity index (χ3n) is 4.18. The molecule has 2 atom stereocenters. The van der Waals surface area contributed by atoms with Crippen LogP contribution in [0.15, 0.2) is 18.2 Å². The smallest absolute Gasteiger partial charge is 0.142 e. The molecule has 0 aromatic heterocycles. The summed E-state index contributed by atoms with van der Waals surface area (Å²) >= 11 is 6.08. The third kappa shape index (κ3) is 3.79. The quantitative estimate of drug-likeness (QED) is 0.841. The van der Waals surface area contributed by atoms with Crippen LogP contribution in [-0.4, -0.2) is 13.2 Å². The highest BCUT2D eigenvalue weighted by molar-refractivity contribution is 6.30. The number of benzene rings is 1. The summed E-state index contributed by atoms with van der Waals surface area (Å²) in [5, 5.41) is 4.37. The Morgan fingerprint density at radius 2 is 2.11 bits per heavy atom. The van der Waals surface area contributed by atoms with E-state index in [1.165, 1.54) is 25.7 Å². The molecule has 106 valence electrons. The Labute approximate surface area is 121 Å². The van der Waals surface area contributed by atoms with E-state index in [4.69, 9.17) is 16.3 Å². The van der Waals surface area contributed by atoms with Crippen molar-refractivity contribution in [3.05, 3.63) is 23.2 Å². The Balaban J connectivity index is 2.06. The van der Waals surface area contributed by atoms with Crippen LogP contribution in [0, 0.1) is 11.8 Å². The van der Waals surface area contributed by atoms with Crippen molar-refractivity contribution in [3.8, 4) is 5.75 Å². The molecule has 0 aliphatic heterocycles. The molecule has 1 aromatic rings. The minimum Gasteiger partial charge on any atom is -0.495 e. The second-order valence-corrected chi connectivity index (χ2v) is 6.29. The second-order valence-electron chi connectivity index (χ2n) is 5.86. The van der Waals surface area contributed by atoms with E-state index in [1.54, 1.807) is 7.11 Å². The van der Waals surface area contributed by atoms with E-state index in [1.807, 2.05) is 18.2 Å². The minimum absolute atomic E-state index is 0.536. The van der Waals surface area contributed by atoms with Crippen LogP contribution in [-0.2, 0) is 0 Å². The van der Waals surface area contributed by atoms with Gasteiger partial charge in [0, 0.05) is 11.1 Å². The highest BCUT2D eigenvalue weighted by Crippen LogP contribution is 2.34. The summed E-state index contributed by atoms with van der Waals surface area (Å²) in [6, 6.07) is 6.28. The van der Waals surface area contributed by atoms with Gasteiger partial charge in [0.05, 0.1) is 12.8 Å². The number of halogens is 1. The normalized spacial score (nSPS) is 23.4. The highest BCUT2D eigenvalue weighted by atomic mass is 35.5. The van der Waals surface area contributed by atoms with E-state index >= 15 is 0 Å². The van der Waals surface area contributed by atoms with E-state index < -0.39 is 0 Å². The number of methoxy groups -OCH3 is 1. The summed E-state index contributed by atoms with van der Waals surface area (Å²) in [7, 11) is 1.70. The van der Waals surface area contributed by atoms with Gasteiger partial charge in [-0.3, -0.25) is 0 Å². The maximum Gasteiger partial charge on any atom is 0.142 e. The van der Waals surface area contributed by atoms with Gasteiger partial charge in [0.15, 0.2) is 0 Å². The summed E-state index contributed by atoms with van der Waals surface area (Å²) in [4.78, 5) is 0. The van der Waals surface area contributed by atoms with Gasteiger partial charge in [-0.2, -0.15) is 0 Å². The van der Waals surface area contributed by atoms with Gasteiger partial charge in [0.25, 0.3) is 0 Å². The van der Waals surface area contributed by atoms with Crippen LogP contribution in [0.1, 0.15) is 39.5 Å². The van der Waals surface area contributed by atoms with E-state index in [0.717, 1.165) is 28.3 Å². The molecule has 1 aromatic carbocycles. The summed E-state index contributed by atoms with van der Waals surface area (Å²) in [5.41, 5.74) is 1.02. The predicted molar refractivity (Wildman–Crippen MR) is 82.2 cm³/mol. The van der Waals surface area contributed by atoms with Crippen molar-refractivity contribution in [1.29, 1.82) is 0 Å². The Bertz CT molecular complexity index is 419. The molecule has 1 N–H and O–H groups in total. The van der Waals surface area contributed by atoms with Crippen LogP contribution in [0.4, 0.5) is 5.69 Å². The fourth-order valence-electron chi connectivity index (χ4n) is 2.98. The lowest BCUT2D eigenvalue weighted by Gasteiger charge is -2.33. The van der Waals surface area contributed by atoms with Crippen LogP contribution < -0.4 is 10.1 Å². The number of ether oxygens (including phenoxy) is 1. The first-order valence-electron chi connectivity index (χ1n) is 7.20. The predicted octanol–water partition coefficient (Wildman–Crippen LogP) is 4.98. The summed E-state index contributed by atoms with van der Waals surface area (Å²) in [6.45, 7) is 4.65.